The van der Waals surface area contributed by atoms with Gasteiger partial charge in [-0.2, -0.15) is 0 Å². The Morgan fingerprint density at radius 3 is 2.27 bits per heavy atom. The number of fused-ring (bicyclic) bond motifs is 1. The molecule has 5 nitrogen and oxygen atoms in total. The summed E-state index contributed by atoms with van der Waals surface area (Å²) >= 11 is 11.1. The topological polar surface area (TPSA) is 63.5 Å². The van der Waals surface area contributed by atoms with Crippen LogP contribution in [0.1, 0.15) is 16.1 Å². The summed E-state index contributed by atoms with van der Waals surface area (Å²) in [7, 11) is 0. The van der Waals surface area contributed by atoms with E-state index < -0.39 is 5.91 Å². The molecule has 0 unspecified atom stereocenters. The van der Waals surface area contributed by atoms with Gasteiger partial charge in [0.2, 0.25) is 0 Å². The lowest BCUT2D eigenvalue weighted by Crippen LogP contribution is -2.34. The van der Waals surface area contributed by atoms with E-state index in [-0.39, 0.29) is 10.9 Å². The molecule has 0 spiro atoms. The summed E-state index contributed by atoms with van der Waals surface area (Å²) < 4.78 is 11.4. The number of hydrogen-bond donors (Lipinski definition) is 2. The molecule has 0 aliphatic heterocycles. The average molecular weight is 437 g/mol. The number of ether oxygens (including phenoxy) is 1. The van der Waals surface area contributed by atoms with Crippen LogP contribution in [0.15, 0.2) is 77.2 Å². The van der Waals surface area contributed by atoms with Gasteiger partial charge in [-0.25, -0.2) is 0 Å². The van der Waals surface area contributed by atoms with Gasteiger partial charge in [0.05, 0.1) is 0 Å². The number of thiocarbonyl (C=S) groups is 1. The lowest BCUT2D eigenvalue weighted by molar-refractivity contribution is 0.0952. The van der Waals surface area contributed by atoms with Crippen LogP contribution < -0.4 is 15.4 Å². The smallest absolute Gasteiger partial charge is 0.293 e. The molecule has 7 heteroatoms. The first-order valence-corrected chi connectivity index (χ1v) is 9.92. The lowest BCUT2D eigenvalue weighted by atomic mass is 10.1. The number of para-hydroxylation sites is 1. The largest absolute Gasteiger partial charge is 0.457 e. The van der Waals surface area contributed by atoms with Gasteiger partial charge in [-0.1, -0.05) is 29.8 Å². The Kier molecular flexibility index (Phi) is 5.70. The Balaban J connectivity index is 1.38. The number of nitrogens with one attached hydrogen (secondary N) is 2. The average Bonchev–Trinajstić information content (AvgIpc) is 3.08. The first-order chi connectivity index (χ1) is 14.5. The van der Waals surface area contributed by atoms with Crippen molar-refractivity contribution in [2.24, 2.45) is 0 Å². The zero-order valence-electron chi connectivity index (χ0n) is 15.9. The molecule has 0 saturated carbocycles. The summed E-state index contributed by atoms with van der Waals surface area (Å²) in [6.45, 7) is 1.84. The van der Waals surface area contributed by atoms with Crippen molar-refractivity contribution in [3.05, 3.63) is 89.1 Å². The summed E-state index contributed by atoms with van der Waals surface area (Å²) in [5.41, 5.74) is 2.15. The number of furan rings is 1. The number of aryl methyl sites for hydroxylation is 1. The molecular formula is C23H17ClN2O3S. The second kappa shape index (κ2) is 8.57. The molecule has 150 valence electrons. The number of carbonyl (C=O) groups excluding carboxylic acids is 1. The van der Waals surface area contributed by atoms with E-state index in [2.05, 4.69) is 10.6 Å². The Bertz CT molecular complexity index is 1220. The predicted octanol–water partition coefficient (Wildman–Crippen LogP) is 6.31. The van der Waals surface area contributed by atoms with Crippen molar-refractivity contribution in [3.8, 4) is 11.5 Å². The van der Waals surface area contributed by atoms with Gasteiger partial charge in [0.1, 0.15) is 17.1 Å². The van der Waals surface area contributed by atoms with Gasteiger partial charge >= 0.3 is 0 Å². The predicted molar refractivity (Wildman–Crippen MR) is 123 cm³/mol. The summed E-state index contributed by atoms with van der Waals surface area (Å²) in [4.78, 5) is 12.6. The van der Waals surface area contributed by atoms with Crippen molar-refractivity contribution < 1.29 is 13.9 Å². The minimum atomic E-state index is -0.399. The van der Waals surface area contributed by atoms with Crippen molar-refractivity contribution in [1.82, 2.24) is 5.32 Å². The van der Waals surface area contributed by atoms with Crippen LogP contribution in [0.2, 0.25) is 5.02 Å². The summed E-state index contributed by atoms with van der Waals surface area (Å²) in [5.74, 6) is 1.19. The number of carbonyl (C=O) groups is 1. The van der Waals surface area contributed by atoms with Crippen LogP contribution in [0.25, 0.3) is 11.0 Å². The fourth-order valence-electron chi connectivity index (χ4n) is 2.96. The highest BCUT2D eigenvalue weighted by atomic mass is 35.5. The molecule has 0 radical (unpaired) electrons. The highest BCUT2D eigenvalue weighted by molar-refractivity contribution is 7.80. The molecule has 30 heavy (non-hydrogen) atoms. The summed E-state index contributed by atoms with van der Waals surface area (Å²) in [6.07, 6.45) is 0. The molecule has 1 amide bonds. The molecule has 0 aliphatic carbocycles. The molecule has 4 aromatic rings. The van der Waals surface area contributed by atoms with E-state index in [4.69, 9.17) is 33.0 Å². The minimum absolute atomic E-state index is 0.172. The number of amides is 1. The number of benzene rings is 3. The Labute approximate surface area is 183 Å². The van der Waals surface area contributed by atoms with E-state index >= 15 is 0 Å². The van der Waals surface area contributed by atoms with Crippen LogP contribution >= 0.6 is 23.8 Å². The number of anilines is 1. The van der Waals surface area contributed by atoms with E-state index in [0.29, 0.717) is 27.8 Å². The Morgan fingerprint density at radius 2 is 1.60 bits per heavy atom. The van der Waals surface area contributed by atoms with Crippen molar-refractivity contribution in [3.63, 3.8) is 0 Å². The number of hydrogen-bond acceptors (Lipinski definition) is 4. The third-order valence-electron chi connectivity index (χ3n) is 4.44. The Hall–Kier alpha value is -3.35. The monoisotopic (exact) mass is 436 g/mol. The molecule has 4 rings (SSSR count). The van der Waals surface area contributed by atoms with Crippen LogP contribution in [0, 0.1) is 6.92 Å². The first kappa shape index (κ1) is 19.9. The van der Waals surface area contributed by atoms with Crippen LogP contribution in [0.5, 0.6) is 11.5 Å². The van der Waals surface area contributed by atoms with Gasteiger partial charge in [0, 0.05) is 21.7 Å². The number of halogens is 1. The number of rotatable bonds is 4. The molecular weight excluding hydrogens is 420 g/mol. The van der Waals surface area contributed by atoms with Crippen molar-refractivity contribution in [2.75, 3.05) is 5.32 Å². The standard InChI is InChI=1S/C23H17ClN2O3S/c1-14-19-4-2-3-5-20(19)29-21(14)22(27)26-23(30)25-16-8-12-18(13-9-16)28-17-10-6-15(24)7-11-17/h2-13H,1H3,(H2,25,26,27,30). The molecule has 1 heterocycles. The van der Waals surface area contributed by atoms with E-state index in [1.807, 2.05) is 31.2 Å². The van der Waals surface area contributed by atoms with Crippen LogP contribution in [-0.4, -0.2) is 11.0 Å². The van der Waals surface area contributed by atoms with Gasteiger partial charge in [0.25, 0.3) is 5.91 Å². The molecule has 0 saturated heterocycles. The van der Waals surface area contributed by atoms with Gasteiger partial charge < -0.3 is 14.5 Å². The third-order valence-corrected chi connectivity index (χ3v) is 4.89. The fraction of sp³-hybridized carbons (Fsp3) is 0.0435. The maximum atomic E-state index is 12.6. The molecule has 0 fully saturated rings. The Morgan fingerprint density at radius 1 is 0.967 bits per heavy atom. The van der Waals surface area contributed by atoms with Crippen molar-refractivity contribution in [1.29, 1.82) is 0 Å². The maximum Gasteiger partial charge on any atom is 0.293 e. The first-order valence-electron chi connectivity index (χ1n) is 9.13. The molecule has 0 atom stereocenters. The van der Waals surface area contributed by atoms with Crippen LogP contribution in [0.3, 0.4) is 0 Å². The summed E-state index contributed by atoms with van der Waals surface area (Å²) in [6, 6.07) is 21.8. The van der Waals surface area contributed by atoms with E-state index in [1.54, 1.807) is 48.5 Å². The molecule has 0 bridgehead atoms. The van der Waals surface area contributed by atoms with Gasteiger partial charge in [-0.05, 0) is 73.7 Å². The van der Waals surface area contributed by atoms with E-state index in [0.717, 1.165) is 10.9 Å². The summed E-state index contributed by atoms with van der Waals surface area (Å²) in [5, 5.41) is 7.35. The van der Waals surface area contributed by atoms with Crippen LogP contribution in [-0.2, 0) is 0 Å². The molecule has 0 aliphatic rings. The lowest BCUT2D eigenvalue weighted by Gasteiger charge is -2.10. The van der Waals surface area contributed by atoms with E-state index in [9.17, 15) is 4.79 Å². The van der Waals surface area contributed by atoms with Crippen LogP contribution in [0.4, 0.5) is 5.69 Å². The third kappa shape index (κ3) is 4.45. The molecule has 2 N–H and O–H groups in total. The van der Waals surface area contributed by atoms with Gasteiger partial charge in [-0.3, -0.25) is 10.1 Å². The van der Waals surface area contributed by atoms with Gasteiger partial charge in [-0.15, -0.1) is 0 Å². The second-order valence-corrected chi connectivity index (χ2v) is 7.39. The fourth-order valence-corrected chi connectivity index (χ4v) is 3.29. The highest BCUT2D eigenvalue weighted by Gasteiger charge is 2.18. The zero-order chi connectivity index (χ0) is 21.1. The van der Waals surface area contributed by atoms with E-state index in [1.165, 1.54) is 0 Å². The highest BCUT2D eigenvalue weighted by Crippen LogP contribution is 2.26. The van der Waals surface area contributed by atoms with Crippen molar-refractivity contribution in [2.45, 2.75) is 6.92 Å². The maximum absolute atomic E-state index is 12.6. The molecule has 3 aromatic carbocycles. The minimum Gasteiger partial charge on any atom is -0.457 e. The van der Waals surface area contributed by atoms with Crippen molar-refractivity contribution >= 4 is 51.5 Å². The molecule has 1 aromatic heterocycles. The second-order valence-electron chi connectivity index (χ2n) is 6.54. The normalized spacial score (nSPS) is 10.6. The quantitative estimate of drug-likeness (QED) is 0.367. The van der Waals surface area contributed by atoms with Gasteiger partial charge in [0.15, 0.2) is 10.9 Å². The SMILES string of the molecule is Cc1c(C(=O)NC(=S)Nc2ccc(Oc3ccc(Cl)cc3)cc2)oc2ccccc12. The zero-order valence-corrected chi connectivity index (χ0v) is 17.5.